The van der Waals surface area contributed by atoms with E-state index in [4.69, 9.17) is 11.6 Å². The van der Waals surface area contributed by atoms with Crippen LogP contribution in [-0.2, 0) is 0 Å². The molecular formula is C12H15BrClNO2. The van der Waals surface area contributed by atoms with Crippen LogP contribution in [-0.4, -0.2) is 22.9 Å². The Morgan fingerprint density at radius 3 is 2.65 bits per heavy atom. The van der Waals surface area contributed by atoms with Crippen molar-refractivity contribution in [3.8, 4) is 5.75 Å². The number of alkyl halides is 1. The number of nitrogens with one attached hydrogen (secondary N) is 1. The summed E-state index contributed by atoms with van der Waals surface area (Å²) >= 11 is 8.99. The summed E-state index contributed by atoms with van der Waals surface area (Å²) in [5.74, 6) is 0.234. The molecule has 5 heteroatoms. The molecular weight excluding hydrogens is 305 g/mol. The lowest BCUT2D eigenvalue weighted by molar-refractivity contribution is 0.0928. The van der Waals surface area contributed by atoms with Gasteiger partial charge in [0.05, 0.1) is 5.56 Å². The highest BCUT2D eigenvalue weighted by atomic mass is 79.9. The number of carbonyl (C=O) groups excluding carboxylic acids is 1. The van der Waals surface area contributed by atoms with Gasteiger partial charge >= 0.3 is 0 Å². The van der Waals surface area contributed by atoms with Crippen LogP contribution in [0, 0.1) is 5.92 Å². The van der Waals surface area contributed by atoms with Crippen molar-refractivity contribution >= 4 is 33.4 Å². The Morgan fingerprint density at radius 2 is 2.18 bits per heavy atom. The Labute approximate surface area is 114 Å². The predicted molar refractivity (Wildman–Crippen MR) is 72.6 cm³/mol. The maximum Gasteiger partial charge on any atom is 0.255 e. The number of phenols is 1. The molecule has 1 aromatic rings. The lowest BCUT2D eigenvalue weighted by Gasteiger charge is -2.20. The third-order valence-electron chi connectivity index (χ3n) is 2.49. The van der Waals surface area contributed by atoms with E-state index < -0.39 is 0 Å². The van der Waals surface area contributed by atoms with Crippen LogP contribution in [0.3, 0.4) is 0 Å². The first-order chi connectivity index (χ1) is 7.95. The quantitative estimate of drug-likeness (QED) is 0.837. The van der Waals surface area contributed by atoms with Gasteiger partial charge in [0.25, 0.3) is 5.91 Å². The van der Waals surface area contributed by atoms with Crippen LogP contribution < -0.4 is 5.32 Å². The van der Waals surface area contributed by atoms with E-state index in [1.54, 1.807) is 12.1 Å². The number of halogens is 2. The van der Waals surface area contributed by atoms with Crippen molar-refractivity contribution in [3.63, 3.8) is 0 Å². The molecule has 0 aromatic heterocycles. The average Bonchev–Trinajstić information content (AvgIpc) is 2.24. The first-order valence-corrected chi connectivity index (χ1v) is 6.63. The van der Waals surface area contributed by atoms with E-state index in [0.717, 1.165) is 4.47 Å². The Kier molecular flexibility index (Phi) is 5.28. The van der Waals surface area contributed by atoms with E-state index >= 15 is 0 Å². The van der Waals surface area contributed by atoms with Crippen molar-refractivity contribution in [2.24, 2.45) is 5.92 Å². The summed E-state index contributed by atoms with van der Waals surface area (Å²) in [6.07, 6.45) is 0. The summed E-state index contributed by atoms with van der Waals surface area (Å²) in [5, 5.41) is 12.5. The molecule has 3 nitrogen and oxygen atoms in total. The van der Waals surface area contributed by atoms with Crippen molar-refractivity contribution in [3.05, 3.63) is 28.2 Å². The second-order valence-electron chi connectivity index (χ2n) is 4.14. The third kappa shape index (κ3) is 3.89. The second-order valence-corrected chi connectivity index (χ2v) is 5.36. The molecule has 0 heterocycles. The van der Waals surface area contributed by atoms with E-state index in [0.29, 0.717) is 5.88 Å². The summed E-state index contributed by atoms with van der Waals surface area (Å²) in [5.41, 5.74) is 0.254. The van der Waals surface area contributed by atoms with Crippen LogP contribution in [0.15, 0.2) is 22.7 Å². The largest absolute Gasteiger partial charge is 0.507 e. The number of amides is 1. The molecule has 1 rings (SSSR count). The molecule has 0 saturated carbocycles. The topological polar surface area (TPSA) is 49.3 Å². The van der Waals surface area contributed by atoms with Crippen LogP contribution in [0.2, 0.25) is 0 Å². The third-order valence-corrected chi connectivity index (χ3v) is 3.32. The van der Waals surface area contributed by atoms with Gasteiger partial charge in [0, 0.05) is 16.4 Å². The molecule has 0 aliphatic rings. The zero-order valence-corrected chi connectivity index (χ0v) is 12.0. The molecule has 1 unspecified atom stereocenters. The maximum atomic E-state index is 11.9. The molecule has 1 atom stereocenters. The summed E-state index contributed by atoms with van der Waals surface area (Å²) in [7, 11) is 0. The number of carbonyl (C=O) groups is 1. The van der Waals surface area contributed by atoms with Gasteiger partial charge in [-0.3, -0.25) is 4.79 Å². The molecule has 0 radical (unpaired) electrons. The SMILES string of the molecule is CC(C)C(CCl)NC(=O)c1ccc(Br)cc1O. The van der Waals surface area contributed by atoms with Gasteiger partial charge in [-0.1, -0.05) is 29.8 Å². The summed E-state index contributed by atoms with van der Waals surface area (Å²) in [6.45, 7) is 3.96. The molecule has 0 fully saturated rings. The van der Waals surface area contributed by atoms with Crippen molar-refractivity contribution in [1.82, 2.24) is 5.32 Å². The Bertz CT molecular complexity index is 409. The second kappa shape index (κ2) is 6.26. The minimum Gasteiger partial charge on any atom is -0.507 e. The van der Waals surface area contributed by atoms with Crippen molar-refractivity contribution < 1.29 is 9.90 Å². The van der Waals surface area contributed by atoms with E-state index in [2.05, 4.69) is 21.2 Å². The monoisotopic (exact) mass is 319 g/mol. The average molecular weight is 321 g/mol. The number of rotatable bonds is 4. The zero-order chi connectivity index (χ0) is 13.0. The van der Waals surface area contributed by atoms with Crippen LogP contribution >= 0.6 is 27.5 Å². The van der Waals surface area contributed by atoms with Crippen molar-refractivity contribution in [2.45, 2.75) is 19.9 Å². The maximum absolute atomic E-state index is 11.9. The molecule has 94 valence electrons. The summed E-state index contributed by atoms with van der Waals surface area (Å²) in [4.78, 5) is 11.9. The van der Waals surface area contributed by atoms with Gasteiger partial charge in [-0.15, -0.1) is 11.6 Å². The standard InChI is InChI=1S/C12H15BrClNO2/c1-7(2)10(6-14)15-12(17)9-4-3-8(13)5-11(9)16/h3-5,7,10,16H,6H2,1-2H3,(H,15,17). The normalized spacial score (nSPS) is 12.5. The van der Waals surface area contributed by atoms with Crippen LogP contribution in [0.1, 0.15) is 24.2 Å². The molecule has 0 saturated heterocycles. The van der Waals surface area contributed by atoms with Crippen LogP contribution in [0.4, 0.5) is 0 Å². The fourth-order valence-corrected chi connectivity index (χ4v) is 2.11. The number of benzene rings is 1. The highest BCUT2D eigenvalue weighted by molar-refractivity contribution is 9.10. The molecule has 0 bridgehead atoms. The predicted octanol–water partition coefficient (Wildman–Crippen LogP) is 3.15. The van der Waals surface area contributed by atoms with E-state index in [9.17, 15) is 9.90 Å². The molecule has 2 N–H and O–H groups in total. The Balaban J connectivity index is 2.82. The lowest BCUT2D eigenvalue weighted by atomic mass is 10.1. The van der Waals surface area contributed by atoms with Gasteiger partial charge in [0.1, 0.15) is 5.75 Å². The van der Waals surface area contributed by atoms with Gasteiger partial charge < -0.3 is 10.4 Å². The summed E-state index contributed by atoms with van der Waals surface area (Å²) < 4.78 is 0.726. The van der Waals surface area contributed by atoms with Crippen molar-refractivity contribution in [2.75, 3.05) is 5.88 Å². The fourth-order valence-electron chi connectivity index (χ4n) is 1.33. The van der Waals surface area contributed by atoms with Gasteiger partial charge in [-0.05, 0) is 24.1 Å². The fraction of sp³-hybridized carbons (Fsp3) is 0.417. The number of aromatic hydroxyl groups is 1. The lowest BCUT2D eigenvalue weighted by Crippen LogP contribution is -2.39. The first kappa shape index (κ1) is 14.3. The molecule has 0 spiro atoms. The number of hydrogen-bond donors (Lipinski definition) is 2. The minimum absolute atomic E-state index is 0.0473. The highest BCUT2D eigenvalue weighted by Gasteiger charge is 2.18. The van der Waals surface area contributed by atoms with Gasteiger partial charge in [0.2, 0.25) is 0 Å². The van der Waals surface area contributed by atoms with E-state index in [1.165, 1.54) is 6.07 Å². The minimum atomic E-state index is -0.311. The highest BCUT2D eigenvalue weighted by Crippen LogP contribution is 2.22. The first-order valence-electron chi connectivity index (χ1n) is 5.31. The van der Waals surface area contributed by atoms with E-state index in [1.807, 2.05) is 13.8 Å². The molecule has 1 amide bonds. The zero-order valence-electron chi connectivity index (χ0n) is 9.71. The van der Waals surface area contributed by atoms with Gasteiger partial charge in [-0.2, -0.15) is 0 Å². The van der Waals surface area contributed by atoms with Crippen molar-refractivity contribution in [1.29, 1.82) is 0 Å². The van der Waals surface area contributed by atoms with Gasteiger partial charge in [0.15, 0.2) is 0 Å². The number of hydrogen-bond acceptors (Lipinski definition) is 2. The van der Waals surface area contributed by atoms with E-state index in [-0.39, 0.29) is 29.2 Å². The molecule has 0 aliphatic heterocycles. The Morgan fingerprint density at radius 1 is 1.53 bits per heavy atom. The summed E-state index contributed by atoms with van der Waals surface area (Å²) in [6, 6.07) is 4.66. The number of phenolic OH excluding ortho intramolecular Hbond substituents is 1. The van der Waals surface area contributed by atoms with Gasteiger partial charge in [-0.25, -0.2) is 0 Å². The molecule has 0 aliphatic carbocycles. The van der Waals surface area contributed by atoms with Crippen LogP contribution in [0.5, 0.6) is 5.75 Å². The molecule has 17 heavy (non-hydrogen) atoms. The molecule has 1 aromatic carbocycles. The smallest absolute Gasteiger partial charge is 0.255 e. The van der Waals surface area contributed by atoms with Crippen LogP contribution in [0.25, 0.3) is 0 Å². The Hall–Kier alpha value is -0.740.